The van der Waals surface area contributed by atoms with Crippen LogP contribution in [0.5, 0.6) is 0 Å². The number of hydrogen-bond acceptors (Lipinski definition) is 3. The van der Waals surface area contributed by atoms with Crippen molar-refractivity contribution < 1.29 is 0 Å². The van der Waals surface area contributed by atoms with Gasteiger partial charge in [-0.05, 0) is 49.9 Å². The Morgan fingerprint density at radius 1 is 1.13 bits per heavy atom. The van der Waals surface area contributed by atoms with Crippen molar-refractivity contribution in [3.05, 3.63) is 48.0 Å². The Kier molecular flexibility index (Phi) is 4.08. The maximum atomic E-state index is 4.45. The highest BCUT2D eigenvalue weighted by atomic mass is 15.2. The van der Waals surface area contributed by atoms with Gasteiger partial charge in [0, 0.05) is 38.2 Å². The Bertz CT molecular complexity index is 655. The second-order valence-electron chi connectivity index (χ2n) is 7.00. The zero-order chi connectivity index (χ0) is 15.6. The van der Waals surface area contributed by atoms with Crippen LogP contribution in [0.1, 0.15) is 24.2 Å². The van der Waals surface area contributed by atoms with Crippen molar-refractivity contribution in [1.29, 1.82) is 0 Å². The number of benzene rings is 1. The molecule has 4 nitrogen and oxygen atoms in total. The van der Waals surface area contributed by atoms with E-state index in [-0.39, 0.29) is 0 Å². The summed E-state index contributed by atoms with van der Waals surface area (Å²) < 4.78 is 2.13. The quantitative estimate of drug-likeness (QED) is 0.868. The number of para-hydroxylation sites is 1. The van der Waals surface area contributed by atoms with Crippen LogP contribution < -0.4 is 4.90 Å². The lowest BCUT2D eigenvalue weighted by molar-refractivity contribution is 0.174. The first-order valence-electron chi connectivity index (χ1n) is 8.81. The molecule has 0 atom stereocenters. The maximum absolute atomic E-state index is 4.45. The van der Waals surface area contributed by atoms with Crippen LogP contribution in [0.2, 0.25) is 0 Å². The summed E-state index contributed by atoms with van der Waals surface area (Å²) in [5.41, 5.74) is 3.00. The second kappa shape index (κ2) is 6.36. The molecule has 0 radical (unpaired) electrons. The van der Waals surface area contributed by atoms with Crippen LogP contribution in [0.15, 0.2) is 36.7 Å². The highest BCUT2D eigenvalue weighted by Gasteiger charge is 2.25. The van der Waals surface area contributed by atoms with Gasteiger partial charge in [-0.3, -0.25) is 4.90 Å². The molecule has 1 aromatic carbocycles. The molecule has 0 bridgehead atoms. The van der Waals surface area contributed by atoms with Crippen molar-refractivity contribution in [2.75, 3.05) is 31.1 Å². The van der Waals surface area contributed by atoms with Crippen LogP contribution >= 0.6 is 0 Å². The molecule has 4 rings (SSSR count). The minimum Gasteiger partial charge on any atom is -0.371 e. The minimum atomic E-state index is 0.832. The highest BCUT2D eigenvalue weighted by molar-refractivity contribution is 5.57. The fourth-order valence-corrected chi connectivity index (χ4v) is 3.98. The van der Waals surface area contributed by atoms with E-state index in [4.69, 9.17) is 0 Å². The first-order chi connectivity index (χ1) is 11.3. The van der Waals surface area contributed by atoms with Gasteiger partial charge in [0.2, 0.25) is 0 Å². The van der Waals surface area contributed by atoms with Crippen LogP contribution in [0.3, 0.4) is 0 Å². The third-order valence-corrected chi connectivity index (χ3v) is 5.46. The van der Waals surface area contributed by atoms with Crippen LogP contribution in [-0.2, 0) is 20.0 Å². The fourth-order valence-electron chi connectivity index (χ4n) is 3.98. The summed E-state index contributed by atoms with van der Waals surface area (Å²) in [6, 6.07) is 8.91. The normalized spacial score (nSPS) is 19.3. The summed E-state index contributed by atoms with van der Waals surface area (Å²) in [4.78, 5) is 9.61. The summed E-state index contributed by atoms with van der Waals surface area (Å²) in [5, 5.41) is 0. The molecular formula is C19H26N4. The molecule has 1 saturated heterocycles. The number of fused-ring (bicyclic) bond motifs is 1. The number of imidazole rings is 1. The Hall–Kier alpha value is -1.81. The standard InChI is InChI=1S/C19H26N4/c1-21-13-9-20-19(21)15-22-10-6-16(7-11-22)14-23-12-8-17-4-2-3-5-18(17)23/h2-5,9,13,16H,6-8,10-12,14-15H2,1H3. The number of aromatic nitrogens is 2. The zero-order valence-corrected chi connectivity index (χ0v) is 14.0. The smallest absolute Gasteiger partial charge is 0.122 e. The van der Waals surface area contributed by atoms with Crippen molar-refractivity contribution >= 4 is 5.69 Å². The molecule has 0 spiro atoms. The first-order valence-corrected chi connectivity index (χ1v) is 8.81. The third-order valence-electron chi connectivity index (χ3n) is 5.46. The predicted molar refractivity (Wildman–Crippen MR) is 93.6 cm³/mol. The molecule has 0 amide bonds. The summed E-state index contributed by atoms with van der Waals surface area (Å²) >= 11 is 0. The van der Waals surface area contributed by atoms with E-state index in [1.54, 1.807) is 0 Å². The van der Waals surface area contributed by atoms with Crippen molar-refractivity contribution in [2.24, 2.45) is 13.0 Å². The molecule has 122 valence electrons. The number of nitrogens with zero attached hydrogens (tertiary/aromatic N) is 4. The molecular weight excluding hydrogens is 284 g/mol. The topological polar surface area (TPSA) is 24.3 Å². The van der Waals surface area contributed by atoms with Crippen molar-refractivity contribution in [3.63, 3.8) is 0 Å². The van der Waals surface area contributed by atoms with Gasteiger partial charge in [0.1, 0.15) is 5.82 Å². The van der Waals surface area contributed by atoms with Gasteiger partial charge in [0.25, 0.3) is 0 Å². The number of rotatable bonds is 4. The molecule has 0 unspecified atom stereocenters. The number of hydrogen-bond donors (Lipinski definition) is 0. The zero-order valence-electron chi connectivity index (χ0n) is 14.0. The number of aryl methyl sites for hydroxylation is 1. The van der Waals surface area contributed by atoms with Crippen LogP contribution in [0.4, 0.5) is 5.69 Å². The van der Waals surface area contributed by atoms with Gasteiger partial charge in [-0.2, -0.15) is 0 Å². The lowest BCUT2D eigenvalue weighted by atomic mass is 9.96. The molecule has 1 aromatic heterocycles. The van der Waals surface area contributed by atoms with E-state index in [0.29, 0.717) is 0 Å². The largest absolute Gasteiger partial charge is 0.371 e. The Morgan fingerprint density at radius 3 is 2.74 bits per heavy atom. The summed E-state index contributed by atoms with van der Waals surface area (Å²) in [6.45, 7) is 5.82. The number of likely N-dealkylation sites (tertiary alicyclic amines) is 1. The number of anilines is 1. The average Bonchev–Trinajstić information content (AvgIpc) is 3.17. The van der Waals surface area contributed by atoms with E-state index in [1.807, 2.05) is 12.4 Å². The van der Waals surface area contributed by atoms with Gasteiger partial charge in [-0.1, -0.05) is 18.2 Å². The van der Waals surface area contributed by atoms with Crippen molar-refractivity contribution in [2.45, 2.75) is 25.8 Å². The van der Waals surface area contributed by atoms with E-state index < -0.39 is 0 Å². The second-order valence-corrected chi connectivity index (χ2v) is 7.00. The molecule has 2 aromatic rings. The van der Waals surface area contributed by atoms with E-state index >= 15 is 0 Å². The first kappa shape index (κ1) is 14.8. The molecule has 23 heavy (non-hydrogen) atoms. The third kappa shape index (κ3) is 3.13. The molecule has 0 aliphatic carbocycles. The summed E-state index contributed by atoms with van der Waals surface area (Å²) in [5.74, 6) is 2.01. The summed E-state index contributed by atoms with van der Waals surface area (Å²) in [7, 11) is 2.08. The molecule has 0 N–H and O–H groups in total. The molecule has 4 heteroatoms. The van der Waals surface area contributed by atoms with Crippen LogP contribution in [0.25, 0.3) is 0 Å². The Morgan fingerprint density at radius 2 is 1.96 bits per heavy atom. The molecule has 2 aliphatic heterocycles. The SMILES string of the molecule is Cn1ccnc1CN1CCC(CN2CCc3ccccc32)CC1. The van der Waals surface area contributed by atoms with E-state index in [2.05, 4.69) is 50.7 Å². The lowest BCUT2D eigenvalue weighted by Gasteiger charge is -2.34. The number of piperidine rings is 1. The van der Waals surface area contributed by atoms with Gasteiger partial charge >= 0.3 is 0 Å². The molecule has 0 saturated carbocycles. The average molecular weight is 310 g/mol. The van der Waals surface area contributed by atoms with Gasteiger partial charge in [0.05, 0.1) is 6.54 Å². The monoisotopic (exact) mass is 310 g/mol. The Labute approximate surface area is 138 Å². The van der Waals surface area contributed by atoms with E-state index in [1.165, 1.54) is 62.5 Å². The molecule has 2 aliphatic rings. The summed E-state index contributed by atoms with van der Waals surface area (Å²) in [6.07, 6.45) is 7.76. The molecule has 1 fully saturated rings. The Balaban J connectivity index is 1.30. The molecule has 3 heterocycles. The van der Waals surface area contributed by atoms with Gasteiger partial charge in [-0.25, -0.2) is 4.98 Å². The highest BCUT2D eigenvalue weighted by Crippen LogP contribution is 2.30. The van der Waals surface area contributed by atoms with E-state index in [0.717, 1.165) is 12.5 Å². The van der Waals surface area contributed by atoms with Gasteiger partial charge in [0.15, 0.2) is 0 Å². The van der Waals surface area contributed by atoms with Crippen LogP contribution in [-0.4, -0.2) is 40.6 Å². The van der Waals surface area contributed by atoms with Gasteiger partial charge in [-0.15, -0.1) is 0 Å². The van der Waals surface area contributed by atoms with Crippen molar-refractivity contribution in [1.82, 2.24) is 14.5 Å². The lowest BCUT2D eigenvalue weighted by Crippen LogP contribution is -2.38. The fraction of sp³-hybridized carbons (Fsp3) is 0.526. The van der Waals surface area contributed by atoms with Crippen molar-refractivity contribution in [3.8, 4) is 0 Å². The van der Waals surface area contributed by atoms with E-state index in [9.17, 15) is 0 Å². The minimum absolute atomic E-state index is 0.832. The van der Waals surface area contributed by atoms with Gasteiger partial charge < -0.3 is 9.47 Å². The maximum Gasteiger partial charge on any atom is 0.122 e. The van der Waals surface area contributed by atoms with Crippen LogP contribution in [0, 0.1) is 5.92 Å². The predicted octanol–water partition coefficient (Wildman–Crippen LogP) is 2.69.